The van der Waals surface area contributed by atoms with Crippen molar-refractivity contribution in [2.24, 2.45) is 0 Å². The van der Waals surface area contributed by atoms with E-state index in [9.17, 15) is 0 Å². The van der Waals surface area contributed by atoms with Crippen LogP contribution in [0.5, 0.6) is 0 Å². The van der Waals surface area contributed by atoms with Gasteiger partial charge in [0.2, 0.25) is 0 Å². The summed E-state index contributed by atoms with van der Waals surface area (Å²) in [6.07, 6.45) is 0. The summed E-state index contributed by atoms with van der Waals surface area (Å²) >= 11 is 0. The van der Waals surface area contributed by atoms with E-state index in [1.165, 1.54) is 10.8 Å². The minimum Gasteiger partial charge on any atom is -0.455 e. The van der Waals surface area contributed by atoms with Gasteiger partial charge in [0.25, 0.3) is 0 Å². The Balaban J connectivity index is 1.08. The van der Waals surface area contributed by atoms with Crippen molar-refractivity contribution in [2.75, 3.05) is 0 Å². The second kappa shape index (κ2) is 12.3. The van der Waals surface area contributed by atoms with Crippen molar-refractivity contribution in [3.63, 3.8) is 0 Å². The maximum absolute atomic E-state index is 6.68. The lowest BCUT2D eigenvalue weighted by atomic mass is 10.1. The highest BCUT2D eigenvalue weighted by atomic mass is 16.3. The van der Waals surface area contributed by atoms with Crippen LogP contribution in [-0.2, 0) is 0 Å². The molecular formula is C51H31N5O. The van der Waals surface area contributed by atoms with Gasteiger partial charge in [-0.1, -0.05) is 115 Å². The van der Waals surface area contributed by atoms with E-state index in [4.69, 9.17) is 19.4 Å². The number of fused-ring (bicyclic) bond motifs is 10. The fraction of sp³-hybridized carbons (Fsp3) is 0. The van der Waals surface area contributed by atoms with Gasteiger partial charge >= 0.3 is 0 Å². The first-order valence-corrected chi connectivity index (χ1v) is 19.1. The molecule has 0 aliphatic carbocycles. The van der Waals surface area contributed by atoms with Gasteiger partial charge in [-0.3, -0.25) is 0 Å². The smallest absolute Gasteiger partial charge is 0.164 e. The van der Waals surface area contributed by atoms with Gasteiger partial charge in [0.1, 0.15) is 11.2 Å². The Bertz CT molecular complexity index is 3430. The van der Waals surface area contributed by atoms with E-state index in [1.54, 1.807) is 0 Å². The minimum atomic E-state index is 0.627. The van der Waals surface area contributed by atoms with Gasteiger partial charge in [-0.05, 0) is 72.8 Å². The average molecular weight is 730 g/mol. The molecule has 0 bridgehead atoms. The molecule has 266 valence electrons. The van der Waals surface area contributed by atoms with Crippen LogP contribution in [0, 0.1) is 0 Å². The number of hydrogen-bond acceptors (Lipinski definition) is 4. The van der Waals surface area contributed by atoms with Gasteiger partial charge in [0, 0.05) is 55.0 Å². The van der Waals surface area contributed by atoms with E-state index < -0.39 is 0 Å². The van der Waals surface area contributed by atoms with Gasteiger partial charge in [0.15, 0.2) is 17.5 Å². The fourth-order valence-electron chi connectivity index (χ4n) is 8.57. The Morgan fingerprint density at radius 2 is 0.860 bits per heavy atom. The van der Waals surface area contributed by atoms with Crippen molar-refractivity contribution in [3.05, 3.63) is 188 Å². The largest absolute Gasteiger partial charge is 0.455 e. The van der Waals surface area contributed by atoms with Crippen LogP contribution >= 0.6 is 0 Å². The molecule has 0 N–H and O–H groups in total. The average Bonchev–Trinajstić information content (AvgIpc) is 3.93. The van der Waals surface area contributed by atoms with E-state index >= 15 is 0 Å². The number of para-hydroxylation sites is 3. The van der Waals surface area contributed by atoms with Crippen LogP contribution in [0.15, 0.2) is 192 Å². The zero-order valence-corrected chi connectivity index (χ0v) is 30.5. The molecule has 12 aromatic rings. The summed E-state index contributed by atoms with van der Waals surface area (Å²) in [4.78, 5) is 14.9. The summed E-state index contributed by atoms with van der Waals surface area (Å²) in [6, 6.07) is 65.5. The number of benzene rings is 8. The van der Waals surface area contributed by atoms with Gasteiger partial charge < -0.3 is 13.6 Å². The molecule has 0 amide bonds. The Labute approximate surface area is 326 Å². The highest BCUT2D eigenvalue weighted by molar-refractivity contribution is 6.26. The molecule has 8 aromatic carbocycles. The molecule has 0 aliphatic rings. The van der Waals surface area contributed by atoms with Crippen molar-refractivity contribution in [1.29, 1.82) is 0 Å². The number of aromatic nitrogens is 5. The zero-order chi connectivity index (χ0) is 37.5. The van der Waals surface area contributed by atoms with Gasteiger partial charge in [-0.25, -0.2) is 15.0 Å². The summed E-state index contributed by atoms with van der Waals surface area (Å²) < 4.78 is 11.4. The zero-order valence-electron chi connectivity index (χ0n) is 30.5. The van der Waals surface area contributed by atoms with Crippen molar-refractivity contribution in [1.82, 2.24) is 24.1 Å². The molecule has 0 saturated carbocycles. The van der Waals surface area contributed by atoms with E-state index in [2.05, 4.69) is 130 Å². The number of rotatable bonds is 5. The Hall–Kier alpha value is -7.83. The lowest BCUT2D eigenvalue weighted by Gasteiger charge is -2.11. The molecule has 0 aliphatic heterocycles. The van der Waals surface area contributed by atoms with Gasteiger partial charge in [-0.2, -0.15) is 0 Å². The highest BCUT2D eigenvalue weighted by Gasteiger charge is 2.22. The van der Waals surface area contributed by atoms with Crippen LogP contribution in [0.3, 0.4) is 0 Å². The lowest BCUT2D eigenvalue weighted by molar-refractivity contribution is 0.673. The quantitative estimate of drug-likeness (QED) is 0.177. The maximum Gasteiger partial charge on any atom is 0.164 e. The minimum absolute atomic E-state index is 0.627. The molecule has 6 heteroatoms. The number of hydrogen-bond donors (Lipinski definition) is 0. The third-order valence-corrected chi connectivity index (χ3v) is 11.2. The maximum atomic E-state index is 6.68. The first kappa shape index (κ1) is 31.5. The predicted octanol–water partition coefficient (Wildman–Crippen LogP) is 13.0. The van der Waals surface area contributed by atoms with E-state index in [0.717, 1.165) is 82.8 Å². The third-order valence-electron chi connectivity index (χ3n) is 11.2. The van der Waals surface area contributed by atoms with Crippen molar-refractivity contribution in [3.8, 4) is 45.5 Å². The Morgan fingerprint density at radius 1 is 0.333 bits per heavy atom. The number of furan rings is 1. The highest BCUT2D eigenvalue weighted by Crippen LogP contribution is 2.44. The van der Waals surface area contributed by atoms with Crippen LogP contribution < -0.4 is 0 Å². The van der Waals surface area contributed by atoms with Crippen LogP contribution in [0.25, 0.3) is 111 Å². The molecule has 0 radical (unpaired) electrons. The SMILES string of the molecule is c1ccc(-c2nc(-c3ccccc3)nc(-c3ccc(-n4c5ccccc5c5cc6c7c8oc9ccccc9c8ccc7n(-c7ccccc7)c6cc54)cc3)n2)cc1. The van der Waals surface area contributed by atoms with Crippen molar-refractivity contribution < 1.29 is 4.42 Å². The van der Waals surface area contributed by atoms with Crippen LogP contribution in [0.4, 0.5) is 0 Å². The summed E-state index contributed by atoms with van der Waals surface area (Å²) in [5, 5.41) is 6.89. The molecule has 0 unspecified atom stereocenters. The molecule has 0 spiro atoms. The third kappa shape index (κ3) is 4.87. The fourth-order valence-corrected chi connectivity index (χ4v) is 8.57. The Kier molecular flexibility index (Phi) is 6.83. The first-order chi connectivity index (χ1) is 28.3. The van der Waals surface area contributed by atoms with E-state index in [1.807, 2.05) is 66.7 Å². The summed E-state index contributed by atoms with van der Waals surface area (Å²) in [7, 11) is 0. The molecular weight excluding hydrogens is 699 g/mol. The van der Waals surface area contributed by atoms with E-state index in [-0.39, 0.29) is 0 Å². The molecule has 0 fully saturated rings. The number of nitrogens with zero attached hydrogens (tertiary/aromatic N) is 5. The van der Waals surface area contributed by atoms with Crippen LogP contribution in [0.2, 0.25) is 0 Å². The van der Waals surface area contributed by atoms with E-state index in [0.29, 0.717) is 17.5 Å². The van der Waals surface area contributed by atoms with Crippen LogP contribution in [-0.4, -0.2) is 24.1 Å². The van der Waals surface area contributed by atoms with Crippen LogP contribution in [0.1, 0.15) is 0 Å². The van der Waals surface area contributed by atoms with Gasteiger partial charge in [-0.15, -0.1) is 0 Å². The molecule has 57 heavy (non-hydrogen) atoms. The molecule has 0 saturated heterocycles. The first-order valence-electron chi connectivity index (χ1n) is 19.1. The lowest BCUT2D eigenvalue weighted by Crippen LogP contribution is -2.00. The molecule has 4 heterocycles. The normalized spacial score (nSPS) is 11.9. The van der Waals surface area contributed by atoms with Gasteiger partial charge in [0.05, 0.1) is 27.5 Å². The predicted molar refractivity (Wildman–Crippen MR) is 232 cm³/mol. The molecule has 4 aromatic heterocycles. The second-order valence-electron chi connectivity index (χ2n) is 14.4. The Morgan fingerprint density at radius 3 is 1.54 bits per heavy atom. The van der Waals surface area contributed by atoms with Crippen molar-refractivity contribution in [2.45, 2.75) is 0 Å². The summed E-state index contributed by atoms with van der Waals surface area (Å²) in [6.45, 7) is 0. The topological polar surface area (TPSA) is 61.7 Å². The second-order valence-corrected chi connectivity index (χ2v) is 14.4. The standard InChI is InChI=1S/C51H31N5O/c1-4-14-32(15-5-1)49-52-50(33-16-6-2-7-17-33)54-51(53-49)34-24-26-36(27-25-34)55-42-22-12-10-20-37(42)40-30-41-45(31-44(40)55)56(35-18-8-3-9-19-35)43-29-28-39-38-21-11-13-23-46(38)57-48(39)47(41)43/h1-31H. The summed E-state index contributed by atoms with van der Waals surface area (Å²) in [5.41, 5.74) is 11.2. The summed E-state index contributed by atoms with van der Waals surface area (Å²) in [5.74, 6) is 1.91. The molecule has 6 nitrogen and oxygen atoms in total. The molecule has 12 rings (SSSR count). The monoisotopic (exact) mass is 729 g/mol. The molecule has 0 atom stereocenters. The van der Waals surface area contributed by atoms with Crippen molar-refractivity contribution >= 4 is 65.6 Å².